The quantitative estimate of drug-likeness (QED) is 0.553. The molecule has 0 bridgehead atoms. The van der Waals surface area contributed by atoms with E-state index in [0.29, 0.717) is 12.2 Å². The second-order valence-corrected chi connectivity index (χ2v) is 7.51. The highest BCUT2D eigenvalue weighted by Gasteiger charge is 2.15. The third-order valence-electron chi connectivity index (χ3n) is 3.87. The zero-order chi connectivity index (χ0) is 17.9. The van der Waals surface area contributed by atoms with Crippen molar-refractivity contribution in [3.63, 3.8) is 0 Å². The van der Waals surface area contributed by atoms with Gasteiger partial charge in [-0.05, 0) is 23.9 Å². The maximum Gasteiger partial charge on any atom is 0.229 e. The molecule has 130 valence electrons. The molecule has 4 rings (SSSR count). The lowest BCUT2D eigenvalue weighted by Crippen LogP contribution is -2.17. The van der Waals surface area contributed by atoms with Gasteiger partial charge >= 0.3 is 0 Å². The molecule has 0 spiro atoms. The van der Waals surface area contributed by atoms with E-state index in [2.05, 4.69) is 10.3 Å². The molecule has 0 aliphatic rings. The van der Waals surface area contributed by atoms with Gasteiger partial charge in [-0.25, -0.2) is 9.97 Å². The standard InChI is InChI=1S/C19H16N4OS2/c1-13-20-11-17(22-18(24)10-14-6-3-2-4-7-14)23(13)19-21-15(12-26-19)16-8-5-9-25-16/h2-9,11-12H,10H2,1H3,(H,22,24). The fourth-order valence-corrected chi connectivity index (χ4v) is 4.29. The number of carbonyl (C=O) groups excluding carboxylic acids is 1. The van der Waals surface area contributed by atoms with Crippen LogP contribution in [0, 0.1) is 6.92 Å². The van der Waals surface area contributed by atoms with Crippen molar-refractivity contribution in [2.24, 2.45) is 0 Å². The summed E-state index contributed by atoms with van der Waals surface area (Å²) >= 11 is 3.19. The highest BCUT2D eigenvalue weighted by atomic mass is 32.1. The largest absolute Gasteiger partial charge is 0.310 e. The summed E-state index contributed by atoms with van der Waals surface area (Å²) in [6.45, 7) is 1.90. The van der Waals surface area contributed by atoms with Crippen LogP contribution in [-0.2, 0) is 11.2 Å². The number of carbonyl (C=O) groups is 1. The summed E-state index contributed by atoms with van der Waals surface area (Å²) in [6.07, 6.45) is 1.99. The minimum Gasteiger partial charge on any atom is -0.310 e. The molecule has 3 heterocycles. The lowest BCUT2D eigenvalue weighted by molar-refractivity contribution is -0.115. The van der Waals surface area contributed by atoms with Crippen LogP contribution in [0.25, 0.3) is 15.7 Å². The number of imidazole rings is 1. The van der Waals surface area contributed by atoms with Gasteiger partial charge in [0.1, 0.15) is 11.6 Å². The van der Waals surface area contributed by atoms with Crippen molar-refractivity contribution in [2.45, 2.75) is 13.3 Å². The smallest absolute Gasteiger partial charge is 0.229 e. The number of thiazole rings is 1. The SMILES string of the molecule is Cc1ncc(NC(=O)Cc2ccccc2)n1-c1nc(-c2cccs2)cs1. The van der Waals surface area contributed by atoms with E-state index in [1.54, 1.807) is 17.5 Å². The first kappa shape index (κ1) is 16.7. The van der Waals surface area contributed by atoms with Crippen LogP contribution in [0.1, 0.15) is 11.4 Å². The molecule has 0 fully saturated rings. The third kappa shape index (κ3) is 3.44. The van der Waals surface area contributed by atoms with Crippen molar-refractivity contribution in [1.29, 1.82) is 0 Å². The lowest BCUT2D eigenvalue weighted by atomic mass is 10.1. The molecular weight excluding hydrogens is 364 g/mol. The first-order valence-electron chi connectivity index (χ1n) is 8.08. The van der Waals surface area contributed by atoms with Gasteiger partial charge in [0.25, 0.3) is 0 Å². The van der Waals surface area contributed by atoms with Crippen molar-refractivity contribution < 1.29 is 4.79 Å². The summed E-state index contributed by atoms with van der Waals surface area (Å²) in [5.41, 5.74) is 1.91. The second kappa shape index (κ2) is 7.23. The van der Waals surface area contributed by atoms with Crippen LogP contribution in [-0.4, -0.2) is 20.4 Å². The minimum absolute atomic E-state index is 0.0765. The Kier molecular flexibility index (Phi) is 4.64. The molecule has 0 atom stereocenters. The van der Waals surface area contributed by atoms with Gasteiger partial charge in [0.2, 0.25) is 5.91 Å². The van der Waals surface area contributed by atoms with Gasteiger partial charge in [-0.3, -0.25) is 9.36 Å². The first-order valence-corrected chi connectivity index (χ1v) is 9.84. The number of amides is 1. The average Bonchev–Trinajstić information content (AvgIpc) is 3.36. The first-order chi connectivity index (χ1) is 12.7. The van der Waals surface area contributed by atoms with Crippen LogP contribution < -0.4 is 5.32 Å². The summed E-state index contributed by atoms with van der Waals surface area (Å²) in [7, 11) is 0. The van der Waals surface area contributed by atoms with Crippen LogP contribution in [0.2, 0.25) is 0 Å². The molecule has 3 aromatic heterocycles. The molecule has 7 heteroatoms. The molecule has 1 N–H and O–H groups in total. The van der Waals surface area contributed by atoms with Gasteiger partial charge in [0.15, 0.2) is 5.13 Å². The summed E-state index contributed by atoms with van der Waals surface area (Å²) in [5, 5.41) is 7.80. The Balaban J connectivity index is 1.57. The van der Waals surface area contributed by atoms with E-state index in [1.807, 2.05) is 64.7 Å². The van der Waals surface area contributed by atoms with Gasteiger partial charge in [-0.2, -0.15) is 0 Å². The van der Waals surface area contributed by atoms with Gasteiger partial charge in [-0.15, -0.1) is 22.7 Å². The lowest BCUT2D eigenvalue weighted by Gasteiger charge is -2.08. The maximum atomic E-state index is 12.4. The summed E-state index contributed by atoms with van der Waals surface area (Å²) in [4.78, 5) is 22.6. The predicted molar refractivity (Wildman–Crippen MR) is 106 cm³/mol. The topological polar surface area (TPSA) is 59.8 Å². The monoisotopic (exact) mass is 380 g/mol. The highest BCUT2D eigenvalue weighted by Crippen LogP contribution is 2.29. The Hall–Kier alpha value is -2.77. The molecule has 0 aliphatic carbocycles. The average molecular weight is 380 g/mol. The van der Waals surface area contributed by atoms with Crippen molar-refractivity contribution in [3.8, 4) is 15.7 Å². The van der Waals surface area contributed by atoms with Crippen LogP contribution in [0.4, 0.5) is 5.82 Å². The number of hydrogen-bond donors (Lipinski definition) is 1. The Morgan fingerprint density at radius 1 is 1.15 bits per heavy atom. The van der Waals surface area contributed by atoms with E-state index in [9.17, 15) is 4.79 Å². The third-order valence-corrected chi connectivity index (χ3v) is 5.59. The van der Waals surface area contributed by atoms with Crippen molar-refractivity contribution in [3.05, 3.63) is 70.8 Å². The summed E-state index contributed by atoms with van der Waals surface area (Å²) < 4.78 is 1.88. The molecule has 0 saturated heterocycles. The Labute approximate surface area is 159 Å². The van der Waals surface area contributed by atoms with Crippen molar-refractivity contribution in [2.75, 3.05) is 5.32 Å². The number of hydrogen-bond acceptors (Lipinski definition) is 5. The molecule has 0 radical (unpaired) electrons. The molecule has 5 nitrogen and oxygen atoms in total. The van der Waals surface area contributed by atoms with Gasteiger partial charge in [0, 0.05) is 5.38 Å². The Bertz CT molecular complexity index is 1020. The second-order valence-electron chi connectivity index (χ2n) is 5.73. The van der Waals surface area contributed by atoms with Crippen LogP contribution in [0.3, 0.4) is 0 Å². The number of benzene rings is 1. The zero-order valence-electron chi connectivity index (χ0n) is 14.0. The molecule has 1 amide bonds. The van der Waals surface area contributed by atoms with E-state index in [1.165, 1.54) is 11.3 Å². The number of nitrogens with one attached hydrogen (secondary N) is 1. The van der Waals surface area contributed by atoms with Crippen LogP contribution in [0.15, 0.2) is 59.4 Å². The van der Waals surface area contributed by atoms with E-state index < -0.39 is 0 Å². The van der Waals surface area contributed by atoms with E-state index >= 15 is 0 Å². The molecule has 26 heavy (non-hydrogen) atoms. The van der Waals surface area contributed by atoms with Crippen molar-refractivity contribution >= 4 is 34.4 Å². The molecule has 0 saturated carbocycles. The number of aryl methyl sites for hydroxylation is 1. The Morgan fingerprint density at radius 3 is 2.77 bits per heavy atom. The molecular formula is C19H16N4OS2. The molecule has 0 aliphatic heterocycles. The normalized spacial score (nSPS) is 10.8. The number of anilines is 1. The van der Waals surface area contributed by atoms with Gasteiger partial charge in [0.05, 0.1) is 23.2 Å². The van der Waals surface area contributed by atoms with E-state index in [0.717, 1.165) is 27.1 Å². The predicted octanol–water partition coefficient (Wildman–Crippen LogP) is 4.55. The number of rotatable bonds is 5. The summed E-state index contributed by atoms with van der Waals surface area (Å²) in [6, 6.07) is 13.7. The van der Waals surface area contributed by atoms with Crippen LogP contribution in [0.5, 0.6) is 0 Å². The minimum atomic E-state index is -0.0765. The summed E-state index contributed by atoms with van der Waals surface area (Å²) in [5.74, 6) is 1.34. The number of thiophene rings is 1. The fraction of sp³-hybridized carbons (Fsp3) is 0.105. The molecule has 0 unspecified atom stereocenters. The maximum absolute atomic E-state index is 12.4. The molecule has 4 aromatic rings. The van der Waals surface area contributed by atoms with Gasteiger partial charge in [-0.1, -0.05) is 36.4 Å². The van der Waals surface area contributed by atoms with Gasteiger partial charge < -0.3 is 5.32 Å². The number of aromatic nitrogens is 3. The Morgan fingerprint density at radius 2 is 2.00 bits per heavy atom. The zero-order valence-corrected chi connectivity index (χ0v) is 15.7. The highest BCUT2D eigenvalue weighted by molar-refractivity contribution is 7.15. The molecule has 1 aromatic carbocycles. The van der Waals surface area contributed by atoms with E-state index in [4.69, 9.17) is 4.98 Å². The van der Waals surface area contributed by atoms with Crippen LogP contribution >= 0.6 is 22.7 Å². The van der Waals surface area contributed by atoms with E-state index in [-0.39, 0.29) is 5.91 Å². The number of nitrogens with zero attached hydrogens (tertiary/aromatic N) is 3. The fourth-order valence-electron chi connectivity index (χ4n) is 2.65. The van der Waals surface area contributed by atoms with Crippen molar-refractivity contribution in [1.82, 2.24) is 14.5 Å².